The second kappa shape index (κ2) is 10.6. The van der Waals surface area contributed by atoms with Crippen molar-refractivity contribution < 1.29 is 14.5 Å². The van der Waals surface area contributed by atoms with E-state index in [4.69, 9.17) is 0 Å². The van der Waals surface area contributed by atoms with Gasteiger partial charge in [0, 0.05) is 58.3 Å². The van der Waals surface area contributed by atoms with Crippen LogP contribution in [0.4, 0.5) is 11.4 Å². The molecule has 0 atom stereocenters. The Labute approximate surface area is 165 Å². The van der Waals surface area contributed by atoms with E-state index < -0.39 is 4.92 Å². The molecule has 0 unspecified atom stereocenters. The number of carbonyl (C=O) groups is 2. The van der Waals surface area contributed by atoms with Gasteiger partial charge in [0.2, 0.25) is 11.8 Å². The lowest BCUT2D eigenvalue weighted by Crippen LogP contribution is -2.51. The molecular formula is C19H29N5O4. The molecule has 0 aromatic heterocycles. The fourth-order valence-electron chi connectivity index (χ4n) is 3.27. The van der Waals surface area contributed by atoms with Gasteiger partial charge >= 0.3 is 0 Å². The first-order valence-corrected chi connectivity index (χ1v) is 9.71. The first-order chi connectivity index (χ1) is 13.5. The highest BCUT2D eigenvalue weighted by Gasteiger charge is 2.23. The molecule has 154 valence electrons. The van der Waals surface area contributed by atoms with E-state index >= 15 is 0 Å². The van der Waals surface area contributed by atoms with Crippen LogP contribution in [0.3, 0.4) is 0 Å². The lowest BCUT2D eigenvalue weighted by atomic mass is 10.2. The predicted molar refractivity (Wildman–Crippen MR) is 107 cm³/mol. The summed E-state index contributed by atoms with van der Waals surface area (Å²) in [5, 5.41) is 14.0. The van der Waals surface area contributed by atoms with Gasteiger partial charge < -0.3 is 15.1 Å². The van der Waals surface area contributed by atoms with Crippen LogP contribution in [0.5, 0.6) is 0 Å². The topological polar surface area (TPSA) is 99.0 Å². The summed E-state index contributed by atoms with van der Waals surface area (Å²) >= 11 is 0. The quantitative estimate of drug-likeness (QED) is 0.505. The summed E-state index contributed by atoms with van der Waals surface area (Å²) in [7, 11) is 0. The Hall–Kier alpha value is -2.68. The van der Waals surface area contributed by atoms with Gasteiger partial charge in [-0.15, -0.1) is 0 Å². The van der Waals surface area contributed by atoms with E-state index in [-0.39, 0.29) is 23.9 Å². The third kappa shape index (κ3) is 5.91. The second-order valence-corrected chi connectivity index (χ2v) is 6.67. The van der Waals surface area contributed by atoms with E-state index in [1.54, 1.807) is 23.1 Å². The van der Waals surface area contributed by atoms with Crippen molar-refractivity contribution >= 4 is 23.2 Å². The molecule has 1 aliphatic heterocycles. The van der Waals surface area contributed by atoms with Gasteiger partial charge in [-0.25, -0.2) is 0 Å². The molecule has 0 radical (unpaired) electrons. The fraction of sp³-hybridized carbons (Fsp3) is 0.579. The van der Waals surface area contributed by atoms with Crippen molar-refractivity contribution in [2.75, 3.05) is 57.7 Å². The average molecular weight is 391 g/mol. The van der Waals surface area contributed by atoms with Gasteiger partial charge in [0.15, 0.2) is 0 Å². The number of nitrogens with one attached hydrogen (secondary N) is 1. The van der Waals surface area contributed by atoms with E-state index in [0.717, 1.165) is 0 Å². The summed E-state index contributed by atoms with van der Waals surface area (Å²) in [5.74, 6) is 0.138. The van der Waals surface area contributed by atoms with Crippen LogP contribution in [0.15, 0.2) is 24.3 Å². The Balaban J connectivity index is 1.74. The molecule has 0 saturated carbocycles. The van der Waals surface area contributed by atoms with E-state index in [1.807, 2.05) is 18.7 Å². The molecular weight excluding hydrogens is 362 g/mol. The minimum Gasteiger partial charge on any atom is -0.379 e. The monoisotopic (exact) mass is 391 g/mol. The summed E-state index contributed by atoms with van der Waals surface area (Å²) in [4.78, 5) is 40.8. The van der Waals surface area contributed by atoms with Crippen LogP contribution in [0.25, 0.3) is 0 Å². The number of carbonyl (C=O) groups excluding carboxylic acids is 2. The average Bonchev–Trinajstić information content (AvgIpc) is 2.69. The predicted octanol–water partition coefficient (Wildman–Crippen LogP) is 1.41. The van der Waals surface area contributed by atoms with Crippen LogP contribution in [0.1, 0.15) is 20.3 Å². The van der Waals surface area contributed by atoms with Gasteiger partial charge in [-0.3, -0.25) is 24.6 Å². The minimum atomic E-state index is -0.442. The molecule has 2 rings (SSSR count). The zero-order valence-electron chi connectivity index (χ0n) is 16.6. The Kier molecular flexibility index (Phi) is 8.19. The van der Waals surface area contributed by atoms with Crippen LogP contribution >= 0.6 is 0 Å². The van der Waals surface area contributed by atoms with E-state index in [9.17, 15) is 19.7 Å². The molecule has 0 bridgehead atoms. The molecule has 1 saturated heterocycles. The number of likely N-dealkylation sites (N-methyl/N-ethyl adjacent to an activating group) is 1. The number of amides is 2. The Morgan fingerprint density at radius 1 is 1.14 bits per heavy atom. The summed E-state index contributed by atoms with van der Waals surface area (Å²) in [6.07, 6.45) is 0.268. The van der Waals surface area contributed by atoms with Crippen molar-refractivity contribution in [1.29, 1.82) is 0 Å². The molecule has 1 N–H and O–H groups in total. The first-order valence-electron chi connectivity index (χ1n) is 9.71. The summed E-state index contributed by atoms with van der Waals surface area (Å²) < 4.78 is 0. The Bertz CT molecular complexity index is 685. The minimum absolute atomic E-state index is 0.00133. The van der Waals surface area contributed by atoms with Gasteiger partial charge in [-0.2, -0.15) is 0 Å². The molecule has 2 amide bonds. The number of nitrogens with zero attached hydrogens (tertiary/aromatic N) is 4. The van der Waals surface area contributed by atoms with Crippen molar-refractivity contribution in [2.45, 2.75) is 20.3 Å². The number of nitro benzene ring substituents is 1. The molecule has 9 nitrogen and oxygen atoms in total. The van der Waals surface area contributed by atoms with Crippen LogP contribution in [-0.4, -0.2) is 83.8 Å². The highest BCUT2D eigenvalue weighted by atomic mass is 16.6. The number of anilines is 1. The van der Waals surface area contributed by atoms with Crippen molar-refractivity contribution in [1.82, 2.24) is 14.7 Å². The van der Waals surface area contributed by atoms with Crippen LogP contribution in [-0.2, 0) is 9.59 Å². The zero-order valence-corrected chi connectivity index (χ0v) is 16.6. The van der Waals surface area contributed by atoms with Crippen molar-refractivity contribution in [3.05, 3.63) is 34.4 Å². The zero-order chi connectivity index (χ0) is 20.5. The van der Waals surface area contributed by atoms with Crippen LogP contribution in [0, 0.1) is 10.1 Å². The molecule has 0 spiro atoms. The van der Waals surface area contributed by atoms with Crippen molar-refractivity contribution in [2.24, 2.45) is 0 Å². The molecule has 1 aromatic carbocycles. The molecule has 1 heterocycles. The van der Waals surface area contributed by atoms with Crippen LogP contribution < -0.4 is 5.32 Å². The maximum absolute atomic E-state index is 12.4. The number of hydrogen-bond donors (Lipinski definition) is 1. The van der Waals surface area contributed by atoms with Gasteiger partial charge in [-0.1, -0.05) is 12.1 Å². The summed E-state index contributed by atoms with van der Waals surface area (Å²) in [6, 6.07) is 6.39. The normalized spacial score (nSPS) is 14.6. The number of nitro groups is 1. The van der Waals surface area contributed by atoms with Crippen molar-refractivity contribution in [3.63, 3.8) is 0 Å². The molecule has 0 aliphatic carbocycles. The standard InChI is InChI=1S/C19H29N5O4/c1-3-22(4-2)19(26)15-21-11-13-23(14-12-21)18(25)9-10-20-16-7-5-6-8-17(16)24(27)28/h5-8,20H,3-4,9-15H2,1-2H3. The molecule has 1 aromatic rings. The van der Waals surface area contributed by atoms with Gasteiger partial charge in [0.1, 0.15) is 5.69 Å². The number of piperazine rings is 1. The lowest BCUT2D eigenvalue weighted by molar-refractivity contribution is -0.384. The van der Waals surface area contributed by atoms with E-state index in [0.29, 0.717) is 58.0 Å². The van der Waals surface area contributed by atoms with Gasteiger partial charge in [0.05, 0.1) is 11.5 Å². The smallest absolute Gasteiger partial charge is 0.292 e. The number of para-hydroxylation sites is 2. The highest BCUT2D eigenvalue weighted by molar-refractivity contribution is 5.79. The largest absolute Gasteiger partial charge is 0.379 e. The molecule has 1 aliphatic rings. The highest BCUT2D eigenvalue weighted by Crippen LogP contribution is 2.22. The number of rotatable bonds is 9. The second-order valence-electron chi connectivity index (χ2n) is 6.67. The van der Waals surface area contributed by atoms with Gasteiger partial charge in [-0.05, 0) is 19.9 Å². The first kappa shape index (κ1) is 21.6. The molecule has 9 heteroatoms. The lowest BCUT2D eigenvalue weighted by Gasteiger charge is -2.35. The summed E-state index contributed by atoms with van der Waals surface area (Å²) in [6.45, 7) is 8.62. The maximum Gasteiger partial charge on any atom is 0.292 e. The number of hydrogen-bond acceptors (Lipinski definition) is 6. The summed E-state index contributed by atoms with van der Waals surface area (Å²) in [5.41, 5.74) is 0.418. The Morgan fingerprint density at radius 3 is 2.39 bits per heavy atom. The fourth-order valence-corrected chi connectivity index (χ4v) is 3.27. The van der Waals surface area contributed by atoms with Crippen LogP contribution in [0.2, 0.25) is 0 Å². The SMILES string of the molecule is CCN(CC)C(=O)CN1CCN(C(=O)CCNc2ccccc2[N+](=O)[O-])CC1. The maximum atomic E-state index is 12.4. The third-order valence-electron chi connectivity index (χ3n) is 4.96. The van der Waals surface area contributed by atoms with Crippen molar-refractivity contribution in [3.8, 4) is 0 Å². The van der Waals surface area contributed by atoms with E-state index in [1.165, 1.54) is 6.07 Å². The molecule has 28 heavy (non-hydrogen) atoms. The number of benzene rings is 1. The third-order valence-corrected chi connectivity index (χ3v) is 4.96. The Morgan fingerprint density at radius 2 is 1.79 bits per heavy atom. The molecule has 1 fully saturated rings. The van der Waals surface area contributed by atoms with E-state index in [2.05, 4.69) is 10.2 Å². The van der Waals surface area contributed by atoms with Gasteiger partial charge in [0.25, 0.3) is 5.69 Å².